The molecule has 0 aliphatic carbocycles. The number of rotatable bonds is 7. The highest BCUT2D eigenvalue weighted by atomic mass is 16.5. The first kappa shape index (κ1) is 38.8. The van der Waals surface area contributed by atoms with Crippen LogP contribution in [0.2, 0.25) is 0 Å². The van der Waals surface area contributed by atoms with Crippen molar-refractivity contribution in [3.8, 4) is 0 Å². The van der Waals surface area contributed by atoms with Gasteiger partial charge in [0.2, 0.25) is 33.8 Å². The minimum absolute atomic E-state index is 0.459. The normalized spacial score (nSPS) is 13.2. The molecule has 10 rings (SSSR count). The number of hydrogen-bond acceptors (Lipinski definition) is 8. The molecule has 2 atom stereocenters. The molecule has 6 heterocycles. The quantitative estimate of drug-likeness (QED) is 0.106. The van der Waals surface area contributed by atoms with Gasteiger partial charge >= 0.3 is 0 Å². The lowest BCUT2D eigenvalue weighted by atomic mass is 9.73. The summed E-state index contributed by atoms with van der Waals surface area (Å²) in [6, 6.07) is 46.1. The van der Waals surface area contributed by atoms with Crippen LogP contribution in [-0.2, 0) is 9.59 Å². The van der Waals surface area contributed by atoms with Crippen molar-refractivity contribution < 1.29 is 48.4 Å². The molecule has 0 bridgehead atoms. The molecule has 6 aromatic heterocycles. The first-order valence-corrected chi connectivity index (χ1v) is 18.7. The molecule has 4 N–H and O–H groups in total. The van der Waals surface area contributed by atoms with Crippen molar-refractivity contribution in [2.24, 2.45) is 0 Å². The number of para-hydroxylation sites is 2. The van der Waals surface area contributed by atoms with Crippen LogP contribution < -0.4 is 19.0 Å². The summed E-state index contributed by atoms with van der Waals surface area (Å²) in [5.74, 6) is -8.81. The van der Waals surface area contributed by atoms with Crippen LogP contribution in [0, 0.1) is 0 Å². The number of carboxylic acids is 2. The molecule has 10 aromatic rings. The molecule has 0 fully saturated rings. The van der Waals surface area contributed by atoms with Crippen LogP contribution >= 0.6 is 0 Å². The third-order valence-electron chi connectivity index (χ3n) is 10.4. The van der Waals surface area contributed by atoms with Crippen molar-refractivity contribution in [1.82, 2.24) is 9.97 Å². The number of aliphatic carboxylic acids is 2. The number of aliphatic hydroxyl groups is 2. The van der Waals surface area contributed by atoms with Crippen LogP contribution in [-0.4, -0.2) is 54.9 Å². The Bertz CT molecular complexity index is 3040. The fourth-order valence-corrected chi connectivity index (χ4v) is 7.39. The van der Waals surface area contributed by atoms with Gasteiger partial charge in [-0.1, -0.05) is 97.1 Å². The third kappa shape index (κ3) is 6.57. The minimum atomic E-state index is -4.12. The van der Waals surface area contributed by atoms with Gasteiger partial charge in [0.1, 0.15) is 11.0 Å². The van der Waals surface area contributed by atoms with Crippen LogP contribution in [0.3, 0.4) is 0 Å². The number of H-pyrrole nitrogens is 2. The number of nitrogens with zero attached hydrogens (tertiary/aromatic N) is 2. The molecule has 4 aromatic carbocycles. The number of hydrogen-bond donors (Lipinski definition) is 4. The highest BCUT2D eigenvalue weighted by Gasteiger charge is 2.62. The maximum atomic E-state index is 12.5. The summed E-state index contributed by atoms with van der Waals surface area (Å²) in [7, 11) is 0. The Morgan fingerprint density at radius 1 is 0.417 bits per heavy atom. The fourth-order valence-electron chi connectivity index (χ4n) is 7.39. The average molecular weight is 795 g/mol. The van der Waals surface area contributed by atoms with Crippen LogP contribution in [0.25, 0.3) is 54.6 Å². The summed E-state index contributed by atoms with van der Waals surface area (Å²) in [4.78, 5) is 55.1. The van der Waals surface area contributed by atoms with Gasteiger partial charge in [0, 0.05) is 80.1 Å². The second kappa shape index (κ2) is 15.7. The standard InChI is InChI=1S/C18H14O8.2C15H10N2/c19-13(11-7-3-1-4-8-11)17(25,15(21)22)18(26,16(23)24)14(20)12-9-5-2-6-10-12;2*1-2-6-13-11(5-1)12-8-10-17-9-4-3-7-14(17)15(12)16-13/h1-10,25-26H,(H,21,22)(H,23,24);2*1-10H. The molecule has 12 heteroatoms. The number of Topliss-reactive ketones (excluding diaryl/α,β-unsaturated/α-hetero) is 2. The lowest BCUT2D eigenvalue weighted by Gasteiger charge is -2.42. The SMILES string of the molecule is O=C([O-])C(O)(C(=O)c1ccccc1)C(O)(C(=O)[O-])C(=O)c1ccccc1.c1ccc2c(c1)[nH]c1c2cc[n+]2ccccc12.c1ccc2c(c1)[nH]c1c2cc[n+]2ccccc12. The van der Waals surface area contributed by atoms with E-state index in [1.807, 2.05) is 12.1 Å². The molecule has 60 heavy (non-hydrogen) atoms. The molecule has 0 saturated heterocycles. The smallest absolute Gasteiger partial charge is 0.234 e. The molecule has 294 valence electrons. The van der Waals surface area contributed by atoms with E-state index in [-0.39, 0.29) is 0 Å². The number of pyridine rings is 4. The summed E-state index contributed by atoms with van der Waals surface area (Å²) in [6.45, 7) is 0. The summed E-state index contributed by atoms with van der Waals surface area (Å²) in [5.41, 5.74) is -1.95. The maximum Gasteiger partial charge on any atom is 0.234 e. The van der Waals surface area contributed by atoms with Crippen molar-refractivity contribution in [2.45, 2.75) is 11.2 Å². The topological polar surface area (TPSA) is 195 Å². The fraction of sp³-hybridized carbons (Fsp3) is 0.0417. The Kier molecular flexibility index (Phi) is 10.2. The van der Waals surface area contributed by atoms with Gasteiger partial charge in [-0.15, -0.1) is 0 Å². The first-order chi connectivity index (χ1) is 29.0. The van der Waals surface area contributed by atoms with Gasteiger partial charge in [-0.2, -0.15) is 8.80 Å². The number of ketones is 2. The summed E-state index contributed by atoms with van der Waals surface area (Å²) in [5, 5.41) is 49.1. The zero-order valence-corrected chi connectivity index (χ0v) is 31.6. The average Bonchev–Trinajstić information content (AvgIpc) is 3.88. The van der Waals surface area contributed by atoms with Crippen molar-refractivity contribution in [2.75, 3.05) is 0 Å². The second-order valence-corrected chi connectivity index (χ2v) is 13.9. The van der Waals surface area contributed by atoms with E-state index in [2.05, 4.69) is 128 Å². The number of aromatic amines is 2. The third-order valence-corrected chi connectivity index (χ3v) is 10.4. The van der Waals surface area contributed by atoms with Crippen molar-refractivity contribution in [1.29, 1.82) is 0 Å². The number of aromatic nitrogens is 4. The molecular formula is C48H34N4O8. The van der Waals surface area contributed by atoms with Crippen LogP contribution in [0.5, 0.6) is 0 Å². The zero-order chi connectivity index (χ0) is 42.0. The summed E-state index contributed by atoms with van der Waals surface area (Å²) < 4.78 is 4.27. The number of benzene rings is 4. The molecule has 0 amide bonds. The highest BCUT2D eigenvalue weighted by Crippen LogP contribution is 2.31. The maximum absolute atomic E-state index is 12.5. The monoisotopic (exact) mass is 794 g/mol. The Morgan fingerprint density at radius 2 is 0.767 bits per heavy atom. The van der Waals surface area contributed by atoms with Gasteiger partial charge in [-0.05, 0) is 24.3 Å². The van der Waals surface area contributed by atoms with Crippen LogP contribution in [0.4, 0.5) is 0 Å². The van der Waals surface area contributed by atoms with E-state index in [1.54, 1.807) is 0 Å². The lowest BCUT2D eigenvalue weighted by Crippen LogP contribution is -2.76. The van der Waals surface area contributed by atoms with E-state index < -0.39 is 45.8 Å². The number of carbonyl (C=O) groups is 4. The van der Waals surface area contributed by atoms with Gasteiger partial charge in [-0.25, -0.2) is 0 Å². The van der Waals surface area contributed by atoms with Gasteiger partial charge in [0.15, 0.2) is 24.8 Å². The van der Waals surface area contributed by atoms with Crippen molar-refractivity contribution >= 4 is 78.2 Å². The van der Waals surface area contributed by atoms with Gasteiger partial charge in [0.05, 0.1) is 11.9 Å². The molecule has 0 aliphatic heterocycles. The number of carboxylic acid groups (broad SMARTS) is 2. The van der Waals surface area contributed by atoms with Crippen molar-refractivity contribution in [3.63, 3.8) is 0 Å². The molecule has 12 nitrogen and oxygen atoms in total. The predicted octanol–water partition coefficient (Wildman–Crippen LogP) is 3.83. The Labute approximate surface area is 340 Å². The molecule has 0 saturated carbocycles. The first-order valence-electron chi connectivity index (χ1n) is 18.7. The minimum Gasteiger partial charge on any atom is -0.546 e. The molecule has 0 radical (unpaired) electrons. The lowest BCUT2D eigenvalue weighted by molar-refractivity contribution is -0.511. The zero-order valence-electron chi connectivity index (χ0n) is 31.6. The number of carbonyl (C=O) groups excluding carboxylic acids is 4. The van der Waals surface area contributed by atoms with Crippen LogP contribution in [0.15, 0.2) is 183 Å². The highest BCUT2D eigenvalue weighted by molar-refractivity contribution is 6.28. The molecule has 0 spiro atoms. The summed E-state index contributed by atoms with van der Waals surface area (Å²) >= 11 is 0. The largest absolute Gasteiger partial charge is 0.546 e. The van der Waals surface area contributed by atoms with E-state index >= 15 is 0 Å². The Morgan fingerprint density at radius 3 is 1.15 bits per heavy atom. The van der Waals surface area contributed by atoms with E-state index in [0.29, 0.717) is 0 Å². The summed E-state index contributed by atoms with van der Waals surface area (Å²) in [6.07, 6.45) is 8.36. The predicted molar refractivity (Wildman–Crippen MR) is 219 cm³/mol. The van der Waals surface area contributed by atoms with E-state index in [0.717, 1.165) is 24.3 Å². The van der Waals surface area contributed by atoms with Crippen LogP contribution in [0.1, 0.15) is 20.7 Å². The number of fused-ring (bicyclic) bond motifs is 10. The van der Waals surface area contributed by atoms with E-state index in [4.69, 9.17) is 0 Å². The molecule has 0 aliphatic rings. The van der Waals surface area contributed by atoms with Gasteiger partial charge < -0.3 is 40.0 Å². The van der Waals surface area contributed by atoms with E-state index in [1.165, 1.54) is 91.0 Å². The number of nitrogens with one attached hydrogen (secondary N) is 2. The molecule has 2 unspecified atom stereocenters. The van der Waals surface area contributed by atoms with E-state index in [9.17, 15) is 39.6 Å². The Balaban J connectivity index is 0.000000128. The second-order valence-electron chi connectivity index (χ2n) is 13.9. The van der Waals surface area contributed by atoms with Crippen molar-refractivity contribution in [3.05, 3.63) is 194 Å². The van der Waals surface area contributed by atoms with Gasteiger partial charge in [0.25, 0.3) is 0 Å². The van der Waals surface area contributed by atoms with Gasteiger partial charge in [-0.3, -0.25) is 9.59 Å². The Hall–Kier alpha value is -8.06. The molecular weight excluding hydrogens is 761 g/mol.